The molecule has 0 bridgehead atoms. The molecule has 1 amide bonds. The Bertz CT molecular complexity index is 1120. The van der Waals surface area contributed by atoms with E-state index in [0.29, 0.717) is 6.61 Å². The Morgan fingerprint density at radius 2 is 1.48 bits per heavy atom. The minimum atomic E-state index is -1.05. The van der Waals surface area contributed by atoms with Crippen molar-refractivity contribution in [2.75, 3.05) is 13.2 Å². The number of hydrogen-bond acceptors (Lipinski definition) is 4. The second kappa shape index (κ2) is 9.08. The van der Waals surface area contributed by atoms with Gasteiger partial charge in [-0.1, -0.05) is 78.9 Å². The van der Waals surface area contributed by atoms with Crippen molar-refractivity contribution in [3.05, 3.63) is 95.6 Å². The molecule has 6 nitrogen and oxygen atoms in total. The summed E-state index contributed by atoms with van der Waals surface area (Å²) in [6.45, 7) is 0.724. The molecular weight excluding hydrogens is 418 g/mol. The molecule has 5 rings (SSSR count). The van der Waals surface area contributed by atoms with E-state index in [1.165, 1.54) is 4.90 Å². The predicted octanol–water partition coefficient (Wildman–Crippen LogP) is 4.68. The molecular formula is C27H25NO5. The number of hydrogen-bond donors (Lipinski definition) is 1. The van der Waals surface area contributed by atoms with E-state index in [2.05, 4.69) is 24.3 Å². The van der Waals surface area contributed by atoms with Gasteiger partial charge < -0.3 is 14.6 Å². The molecule has 1 saturated heterocycles. The molecule has 1 aliphatic carbocycles. The van der Waals surface area contributed by atoms with E-state index in [-0.39, 0.29) is 31.6 Å². The first-order valence-electron chi connectivity index (χ1n) is 11.1. The SMILES string of the molecule is O=C(O)[C@@H]1CC(OCc2ccccc2)CN1C(=O)OCC1c2ccccc2-c2ccccc21. The van der Waals surface area contributed by atoms with E-state index in [1.807, 2.05) is 54.6 Å². The zero-order chi connectivity index (χ0) is 22.8. The molecule has 33 heavy (non-hydrogen) atoms. The molecule has 3 aromatic rings. The number of fused-ring (bicyclic) bond motifs is 3. The lowest BCUT2D eigenvalue weighted by Crippen LogP contribution is -2.41. The van der Waals surface area contributed by atoms with Crippen molar-refractivity contribution in [2.45, 2.75) is 31.1 Å². The van der Waals surface area contributed by atoms with Gasteiger partial charge in [0.1, 0.15) is 12.6 Å². The highest BCUT2D eigenvalue weighted by molar-refractivity contribution is 5.81. The number of amides is 1. The van der Waals surface area contributed by atoms with Crippen molar-refractivity contribution in [3.8, 4) is 11.1 Å². The minimum absolute atomic E-state index is 0.0719. The Labute approximate surface area is 192 Å². The van der Waals surface area contributed by atoms with Crippen molar-refractivity contribution in [1.82, 2.24) is 4.90 Å². The number of carbonyl (C=O) groups excluding carboxylic acids is 1. The van der Waals surface area contributed by atoms with Gasteiger partial charge in [-0.15, -0.1) is 0 Å². The van der Waals surface area contributed by atoms with E-state index in [9.17, 15) is 14.7 Å². The summed E-state index contributed by atoms with van der Waals surface area (Å²) in [5.41, 5.74) is 5.53. The Morgan fingerprint density at radius 1 is 0.879 bits per heavy atom. The lowest BCUT2D eigenvalue weighted by atomic mass is 9.98. The van der Waals surface area contributed by atoms with E-state index < -0.39 is 18.1 Å². The van der Waals surface area contributed by atoms with Crippen molar-refractivity contribution in [3.63, 3.8) is 0 Å². The molecule has 1 heterocycles. The molecule has 1 N–H and O–H groups in total. The number of carboxylic acids is 1. The molecule has 3 aromatic carbocycles. The van der Waals surface area contributed by atoms with Gasteiger partial charge in [-0.2, -0.15) is 0 Å². The molecule has 2 aliphatic rings. The lowest BCUT2D eigenvalue weighted by Gasteiger charge is -2.22. The van der Waals surface area contributed by atoms with Gasteiger partial charge in [0.25, 0.3) is 0 Å². The van der Waals surface area contributed by atoms with E-state index in [4.69, 9.17) is 9.47 Å². The maximum Gasteiger partial charge on any atom is 0.410 e. The average molecular weight is 443 g/mol. The van der Waals surface area contributed by atoms with E-state index in [1.54, 1.807) is 0 Å². The summed E-state index contributed by atoms with van der Waals surface area (Å²) in [5.74, 6) is -1.12. The van der Waals surface area contributed by atoms with Crippen LogP contribution in [0.1, 0.15) is 29.0 Å². The monoisotopic (exact) mass is 443 g/mol. The fourth-order valence-corrected chi connectivity index (χ4v) is 4.82. The van der Waals surface area contributed by atoms with Gasteiger partial charge in [0.15, 0.2) is 0 Å². The number of carbonyl (C=O) groups is 2. The van der Waals surface area contributed by atoms with Crippen LogP contribution in [0.4, 0.5) is 4.79 Å². The van der Waals surface area contributed by atoms with Gasteiger partial charge >= 0.3 is 12.1 Å². The van der Waals surface area contributed by atoms with Crippen molar-refractivity contribution in [1.29, 1.82) is 0 Å². The highest BCUT2D eigenvalue weighted by atomic mass is 16.6. The zero-order valence-electron chi connectivity index (χ0n) is 18.1. The largest absolute Gasteiger partial charge is 0.480 e. The molecule has 0 radical (unpaired) electrons. The molecule has 2 atom stereocenters. The highest BCUT2D eigenvalue weighted by Gasteiger charge is 2.41. The van der Waals surface area contributed by atoms with Crippen LogP contribution in [0, 0.1) is 0 Å². The van der Waals surface area contributed by atoms with Crippen molar-refractivity contribution < 1.29 is 24.2 Å². The van der Waals surface area contributed by atoms with Gasteiger partial charge in [-0.3, -0.25) is 4.90 Å². The quantitative estimate of drug-likeness (QED) is 0.599. The second-order valence-corrected chi connectivity index (χ2v) is 8.46. The third-order valence-corrected chi connectivity index (χ3v) is 6.45. The first-order valence-corrected chi connectivity index (χ1v) is 11.1. The van der Waals surface area contributed by atoms with Gasteiger partial charge in [-0.25, -0.2) is 9.59 Å². The summed E-state index contributed by atoms with van der Waals surface area (Å²) in [6, 6.07) is 24.9. The maximum atomic E-state index is 12.9. The second-order valence-electron chi connectivity index (χ2n) is 8.46. The van der Waals surface area contributed by atoms with Gasteiger partial charge in [0, 0.05) is 12.3 Å². The van der Waals surface area contributed by atoms with Crippen LogP contribution in [-0.2, 0) is 20.9 Å². The van der Waals surface area contributed by atoms with Crippen LogP contribution in [-0.4, -0.2) is 47.4 Å². The Morgan fingerprint density at radius 3 is 2.12 bits per heavy atom. The molecule has 0 saturated carbocycles. The van der Waals surface area contributed by atoms with Gasteiger partial charge in [0.2, 0.25) is 0 Å². The summed E-state index contributed by atoms with van der Waals surface area (Å²) in [7, 11) is 0. The Kier molecular flexibility index (Phi) is 5.84. The fourth-order valence-electron chi connectivity index (χ4n) is 4.82. The summed E-state index contributed by atoms with van der Waals surface area (Å²) in [4.78, 5) is 26.0. The third-order valence-electron chi connectivity index (χ3n) is 6.45. The number of ether oxygens (including phenoxy) is 2. The van der Waals surface area contributed by atoms with Crippen molar-refractivity contribution in [2.24, 2.45) is 0 Å². The smallest absolute Gasteiger partial charge is 0.410 e. The third kappa shape index (κ3) is 4.22. The van der Waals surface area contributed by atoms with Gasteiger partial charge in [0.05, 0.1) is 19.3 Å². The molecule has 0 spiro atoms. The predicted molar refractivity (Wildman–Crippen MR) is 123 cm³/mol. The van der Waals surface area contributed by atoms with Crippen LogP contribution < -0.4 is 0 Å². The normalized spacial score (nSPS) is 19.2. The van der Waals surface area contributed by atoms with Crippen LogP contribution in [0.5, 0.6) is 0 Å². The van der Waals surface area contributed by atoms with Crippen LogP contribution in [0.2, 0.25) is 0 Å². The topological polar surface area (TPSA) is 76.1 Å². The van der Waals surface area contributed by atoms with Crippen LogP contribution >= 0.6 is 0 Å². The standard InChI is InChI=1S/C27H25NO5/c29-26(30)25-14-19(32-16-18-8-2-1-3-9-18)15-28(25)27(31)33-17-24-22-12-6-4-10-20(22)21-11-5-7-13-23(21)24/h1-13,19,24-25H,14-17H2,(H,29,30)/t19?,25-/m0/s1. The van der Waals surface area contributed by atoms with Gasteiger partial charge in [-0.05, 0) is 27.8 Å². The van der Waals surface area contributed by atoms with Crippen LogP contribution in [0.3, 0.4) is 0 Å². The first-order chi connectivity index (χ1) is 16.1. The minimum Gasteiger partial charge on any atom is -0.480 e. The average Bonchev–Trinajstić information content (AvgIpc) is 3.42. The van der Waals surface area contributed by atoms with Crippen LogP contribution in [0.15, 0.2) is 78.9 Å². The molecule has 1 fully saturated rings. The highest BCUT2D eigenvalue weighted by Crippen LogP contribution is 2.44. The number of benzene rings is 3. The number of aliphatic carboxylic acids is 1. The van der Waals surface area contributed by atoms with E-state index >= 15 is 0 Å². The molecule has 1 unspecified atom stereocenters. The summed E-state index contributed by atoms with van der Waals surface area (Å²) in [6.07, 6.45) is -0.728. The summed E-state index contributed by atoms with van der Waals surface area (Å²) >= 11 is 0. The first kappa shape index (κ1) is 21.2. The van der Waals surface area contributed by atoms with E-state index in [0.717, 1.165) is 27.8 Å². The number of rotatable bonds is 6. The summed E-state index contributed by atoms with van der Waals surface area (Å²) in [5, 5.41) is 9.67. The Balaban J connectivity index is 1.26. The Hall–Kier alpha value is -3.64. The number of carboxylic acid groups (broad SMARTS) is 1. The molecule has 1 aliphatic heterocycles. The summed E-state index contributed by atoms with van der Waals surface area (Å²) < 4.78 is 11.6. The lowest BCUT2D eigenvalue weighted by molar-refractivity contribution is -0.141. The fraction of sp³-hybridized carbons (Fsp3) is 0.259. The molecule has 168 valence electrons. The van der Waals surface area contributed by atoms with Crippen LogP contribution in [0.25, 0.3) is 11.1 Å². The molecule has 0 aromatic heterocycles. The number of nitrogens with zero attached hydrogens (tertiary/aromatic N) is 1. The molecule has 6 heteroatoms. The van der Waals surface area contributed by atoms with Crippen molar-refractivity contribution >= 4 is 12.1 Å². The zero-order valence-corrected chi connectivity index (χ0v) is 18.1. The maximum absolute atomic E-state index is 12.9. The number of likely N-dealkylation sites (tertiary alicyclic amines) is 1.